The van der Waals surface area contributed by atoms with Crippen LogP contribution < -0.4 is 0 Å². The highest BCUT2D eigenvalue weighted by molar-refractivity contribution is 6.52. The van der Waals surface area contributed by atoms with Crippen LogP contribution in [0.4, 0.5) is 0 Å². The molecule has 3 rings (SSSR count). The topological polar surface area (TPSA) is 33.4 Å². The zero-order chi connectivity index (χ0) is 13.9. The molecule has 1 heterocycles. The fraction of sp³-hybridized carbons (Fsp3) is 0. The summed E-state index contributed by atoms with van der Waals surface area (Å²) < 4.78 is 5.56. The third kappa shape index (κ3) is 1.86. The molecule has 0 saturated heterocycles. The Labute approximate surface area is 132 Å². The van der Waals surface area contributed by atoms with Crippen molar-refractivity contribution in [1.82, 2.24) is 0 Å². The summed E-state index contributed by atoms with van der Waals surface area (Å²) in [4.78, 5) is 0. The number of phenolic OH excluding ortho intramolecular Hbond substituents is 1. The van der Waals surface area contributed by atoms with E-state index in [0.717, 1.165) is 0 Å². The van der Waals surface area contributed by atoms with Crippen LogP contribution in [0, 0.1) is 0 Å². The van der Waals surface area contributed by atoms with Crippen molar-refractivity contribution in [2.45, 2.75) is 0 Å². The average Bonchev–Trinajstić information content (AvgIpc) is 2.72. The van der Waals surface area contributed by atoms with Gasteiger partial charge < -0.3 is 9.52 Å². The lowest BCUT2D eigenvalue weighted by atomic mass is 10.1. The Morgan fingerprint density at radius 1 is 0.842 bits per heavy atom. The highest BCUT2D eigenvalue weighted by Gasteiger charge is 2.20. The standard InChI is InChI=1S/C12H3Cl5O2/c13-4-2-6-7(9(16)8(4)15)3-1-5(14)11(18)10(17)12(3)19-6/h1-2,18H. The Morgan fingerprint density at radius 2 is 1.53 bits per heavy atom. The molecular weight excluding hydrogens is 353 g/mol. The number of furan rings is 1. The van der Waals surface area contributed by atoms with Gasteiger partial charge in [-0.1, -0.05) is 58.0 Å². The van der Waals surface area contributed by atoms with Crippen molar-refractivity contribution in [3.8, 4) is 5.75 Å². The number of benzene rings is 2. The molecule has 3 aromatic rings. The van der Waals surface area contributed by atoms with Crippen molar-refractivity contribution in [3.05, 3.63) is 37.2 Å². The van der Waals surface area contributed by atoms with Crippen LogP contribution >= 0.6 is 58.0 Å². The molecule has 0 atom stereocenters. The van der Waals surface area contributed by atoms with Crippen LogP contribution in [0.1, 0.15) is 0 Å². The van der Waals surface area contributed by atoms with E-state index in [1.165, 1.54) is 12.1 Å². The molecule has 0 aliphatic carbocycles. The van der Waals surface area contributed by atoms with Gasteiger partial charge in [0, 0.05) is 16.8 Å². The van der Waals surface area contributed by atoms with E-state index in [0.29, 0.717) is 16.4 Å². The van der Waals surface area contributed by atoms with Crippen molar-refractivity contribution >= 4 is 79.9 Å². The summed E-state index contributed by atoms with van der Waals surface area (Å²) >= 11 is 30.0. The molecule has 0 saturated carbocycles. The van der Waals surface area contributed by atoms with Gasteiger partial charge in [-0.15, -0.1) is 0 Å². The maximum Gasteiger partial charge on any atom is 0.157 e. The van der Waals surface area contributed by atoms with Crippen molar-refractivity contribution in [3.63, 3.8) is 0 Å². The van der Waals surface area contributed by atoms with E-state index in [9.17, 15) is 5.11 Å². The van der Waals surface area contributed by atoms with Crippen molar-refractivity contribution in [2.75, 3.05) is 0 Å². The van der Waals surface area contributed by atoms with Crippen LogP contribution in [0.25, 0.3) is 21.9 Å². The molecule has 0 spiro atoms. The summed E-state index contributed by atoms with van der Waals surface area (Å²) in [5.41, 5.74) is 0.691. The van der Waals surface area contributed by atoms with Gasteiger partial charge in [-0.3, -0.25) is 0 Å². The molecule has 7 heteroatoms. The van der Waals surface area contributed by atoms with Crippen LogP contribution in [0.2, 0.25) is 25.1 Å². The van der Waals surface area contributed by atoms with Gasteiger partial charge >= 0.3 is 0 Å². The van der Waals surface area contributed by atoms with Gasteiger partial charge in [0.1, 0.15) is 10.6 Å². The van der Waals surface area contributed by atoms with Crippen molar-refractivity contribution in [1.29, 1.82) is 0 Å². The largest absolute Gasteiger partial charge is 0.505 e. The van der Waals surface area contributed by atoms with Gasteiger partial charge in [-0.25, -0.2) is 0 Å². The Balaban J connectivity index is 2.62. The summed E-state index contributed by atoms with van der Waals surface area (Å²) in [6.45, 7) is 0. The van der Waals surface area contributed by atoms with Gasteiger partial charge in [0.25, 0.3) is 0 Å². The van der Waals surface area contributed by atoms with Gasteiger partial charge in [0.2, 0.25) is 0 Å². The van der Waals surface area contributed by atoms with Crippen molar-refractivity contribution < 1.29 is 9.52 Å². The highest BCUT2D eigenvalue weighted by atomic mass is 35.5. The van der Waals surface area contributed by atoms with Crippen LogP contribution in [0.15, 0.2) is 16.5 Å². The number of rotatable bonds is 0. The quantitative estimate of drug-likeness (QED) is 0.463. The zero-order valence-corrected chi connectivity index (χ0v) is 12.7. The first-order valence-corrected chi connectivity index (χ1v) is 6.87. The third-order valence-electron chi connectivity index (χ3n) is 2.76. The lowest BCUT2D eigenvalue weighted by Gasteiger charge is -2.01. The van der Waals surface area contributed by atoms with Crippen molar-refractivity contribution in [2.24, 2.45) is 0 Å². The van der Waals surface area contributed by atoms with E-state index in [4.69, 9.17) is 62.4 Å². The summed E-state index contributed by atoms with van der Waals surface area (Å²) in [7, 11) is 0. The molecule has 0 amide bonds. The summed E-state index contributed by atoms with van der Waals surface area (Å²) in [5.74, 6) is -0.247. The zero-order valence-electron chi connectivity index (χ0n) is 8.90. The van der Waals surface area contributed by atoms with E-state index < -0.39 is 0 Å². The lowest BCUT2D eigenvalue weighted by Crippen LogP contribution is -1.76. The Bertz CT molecular complexity index is 838. The van der Waals surface area contributed by atoms with E-state index in [1.807, 2.05) is 0 Å². The van der Waals surface area contributed by atoms with E-state index in [2.05, 4.69) is 0 Å². The summed E-state index contributed by atoms with van der Waals surface area (Å²) in [6, 6.07) is 3.05. The maximum atomic E-state index is 9.70. The van der Waals surface area contributed by atoms with Crippen LogP contribution in [0.5, 0.6) is 5.75 Å². The smallest absolute Gasteiger partial charge is 0.157 e. The number of fused-ring (bicyclic) bond motifs is 3. The van der Waals surface area contributed by atoms with E-state index >= 15 is 0 Å². The first kappa shape index (κ1) is 13.5. The average molecular weight is 356 g/mol. The van der Waals surface area contributed by atoms with Crippen LogP contribution in [0.3, 0.4) is 0 Å². The van der Waals surface area contributed by atoms with Crippen LogP contribution in [-0.2, 0) is 0 Å². The minimum absolute atomic E-state index is 0.0158. The number of phenols is 1. The van der Waals surface area contributed by atoms with Gasteiger partial charge in [-0.05, 0) is 6.07 Å². The molecule has 0 fully saturated rings. The van der Waals surface area contributed by atoms with E-state index in [1.54, 1.807) is 0 Å². The van der Waals surface area contributed by atoms with Gasteiger partial charge in [0.05, 0.1) is 20.1 Å². The third-order valence-corrected chi connectivity index (χ3v) is 4.66. The number of halogens is 5. The second kappa shape index (κ2) is 4.51. The minimum atomic E-state index is -0.247. The first-order chi connectivity index (χ1) is 8.91. The minimum Gasteiger partial charge on any atom is -0.505 e. The van der Waals surface area contributed by atoms with E-state index in [-0.39, 0.29) is 36.4 Å². The number of aromatic hydroxyl groups is 1. The van der Waals surface area contributed by atoms with Crippen LogP contribution in [-0.4, -0.2) is 5.11 Å². The predicted molar refractivity (Wildman–Crippen MR) is 80.4 cm³/mol. The molecule has 1 N–H and O–H groups in total. The Morgan fingerprint density at radius 3 is 2.21 bits per heavy atom. The number of hydrogen-bond acceptors (Lipinski definition) is 2. The first-order valence-electron chi connectivity index (χ1n) is 4.98. The fourth-order valence-corrected chi connectivity index (χ4v) is 3.07. The predicted octanol–water partition coefficient (Wildman–Crippen LogP) is 6.56. The molecule has 19 heavy (non-hydrogen) atoms. The highest BCUT2D eigenvalue weighted by Crippen LogP contribution is 2.46. The summed E-state index contributed by atoms with van der Waals surface area (Å²) in [6.07, 6.45) is 0. The normalized spacial score (nSPS) is 11.6. The SMILES string of the molecule is Oc1c(Cl)cc2c(oc3cc(Cl)c(Cl)c(Cl)c32)c1Cl. The monoisotopic (exact) mass is 354 g/mol. The molecule has 2 nitrogen and oxygen atoms in total. The molecular formula is C12H3Cl5O2. The van der Waals surface area contributed by atoms with Gasteiger partial charge in [0.15, 0.2) is 11.3 Å². The second-order valence-electron chi connectivity index (χ2n) is 3.86. The molecule has 0 bridgehead atoms. The molecule has 1 aromatic heterocycles. The Kier molecular flexibility index (Phi) is 3.19. The molecule has 0 aliphatic rings. The summed E-state index contributed by atoms with van der Waals surface area (Å²) in [5, 5.41) is 11.7. The maximum absolute atomic E-state index is 9.70. The molecule has 2 aromatic carbocycles. The fourth-order valence-electron chi connectivity index (χ4n) is 1.89. The molecule has 98 valence electrons. The molecule has 0 unspecified atom stereocenters. The molecule has 0 radical (unpaired) electrons. The second-order valence-corrected chi connectivity index (χ2v) is 5.81. The van der Waals surface area contributed by atoms with Gasteiger partial charge in [-0.2, -0.15) is 0 Å². The number of hydrogen-bond donors (Lipinski definition) is 1. The Hall–Kier alpha value is -0.510. The molecule has 0 aliphatic heterocycles. The lowest BCUT2D eigenvalue weighted by molar-refractivity contribution is 0.475.